The van der Waals surface area contributed by atoms with Crippen LogP contribution in [-0.2, 0) is 0 Å². The van der Waals surface area contributed by atoms with Crippen LogP contribution in [0.2, 0.25) is 0 Å². The topological polar surface area (TPSA) is 22.2 Å². The lowest BCUT2D eigenvalue weighted by Gasteiger charge is -2.05. The molecule has 0 unspecified atom stereocenters. The molecule has 0 fully saturated rings. The molecule has 2 aromatic carbocycles. The molecule has 0 aliphatic rings. The third-order valence-electron chi connectivity index (χ3n) is 3.83. The molecule has 0 amide bonds. The first-order chi connectivity index (χ1) is 10.1. The van der Waals surface area contributed by atoms with Crippen LogP contribution in [0.3, 0.4) is 0 Å². The van der Waals surface area contributed by atoms with E-state index in [-0.39, 0.29) is 5.82 Å². The van der Waals surface area contributed by atoms with Crippen molar-refractivity contribution >= 4 is 16.8 Å². The summed E-state index contributed by atoms with van der Waals surface area (Å²) in [4.78, 5) is 4.49. The molecule has 0 aliphatic heterocycles. The Morgan fingerprint density at radius 3 is 2.48 bits per heavy atom. The van der Waals surface area contributed by atoms with Crippen LogP contribution in [0.15, 0.2) is 48.7 Å². The second-order valence-corrected chi connectivity index (χ2v) is 5.34. The Morgan fingerprint density at radius 1 is 0.952 bits per heavy atom. The second kappa shape index (κ2) is 4.19. The monoisotopic (exact) mass is 279 g/mol. The zero-order chi connectivity index (χ0) is 14.6. The molecule has 21 heavy (non-hydrogen) atoms. The molecular formula is C17H14FN3. The first-order valence-corrected chi connectivity index (χ1v) is 6.86. The molecular weight excluding hydrogens is 265 g/mol. The highest BCUT2D eigenvalue weighted by Gasteiger charge is 2.15. The fraction of sp³-hybridized carbons (Fsp3) is 0.118. The standard InChI is InChI=1S/C17H14FN3/c1-11-3-6-14(7-4-11)21-16-9-13(18)5-8-15(16)20-12(2)10-19-17(20)21/h3-10H,1-2H3. The largest absolute Gasteiger partial charge is 0.281 e. The van der Waals surface area contributed by atoms with Crippen molar-refractivity contribution in [2.75, 3.05) is 0 Å². The maximum Gasteiger partial charge on any atom is 0.219 e. The number of halogens is 1. The minimum Gasteiger partial charge on any atom is -0.281 e. The van der Waals surface area contributed by atoms with E-state index in [1.165, 1.54) is 11.6 Å². The Bertz CT molecular complexity index is 961. The summed E-state index contributed by atoms with van der Waals surface area (Å²) in [5, 5.41) is 0. The molecule has 0 saturated heterocycles. The third-order valence-corrected chi connectivity index (χ3v) is 3.83. The third kappa shape index (κ3) is 1.69. The predicted octanol–water partition coefficient (Wildman–Crippen LogP) is 4.03. The Balaban J connectivity index is 2.18. The van der Waals surface area contributed by atoms with Crippen molar-refractivity contribution in [3.8, 4) is 5.69 Å². The smallest absolute Gasteiger partial charge is 0.219 e. The molecule has 0 aliphatic carbocycles. The van der Waals surface area contributed by atoms with Crippen molar-refractivity contribution in [2.45, 2.75) is 13.8 Å². The fourth-order valence-electron chi connectivity index (χ4n) is 2.80. The highest BCUT2D eigenvalue weighted by molar-refractivity contribution is 5.83. The van der Waals surface area contributed by atoms with Gasteiger partial charge in [0, 0.05) is 17.4 Å². The number of imidazole rings is 2. The lowest BCUT2D eigenvalue weighted by Crippen LogP contribution is -1.95. The summed E-state index contributed by atoms with van der Waals surface area (Å²) in [6.45, 7) is 4.05. The Labute approximate surface area is 121 Å². The Kier molecular flexibility index (Phi) is 2.42. The zero-order valence-electron chi connectivity index (χ0n) is 11.8. The lowest BCUT2D eigenvalue weighted by molar-refractivity contribution is 0.629. The van der Waals surface area contributed by atoms with Gasteiger partial charge in [-0.2, -0.15) is 0 Å². The molecule has 4 heteroatoms. The molecule has 0 N–H and O–H groups in total. The average Bonchev–Trinajstić information content (AvgIpc) is 2.98. The van der Waals surface area contributed by atoms with Gasteiger partial charge in [0.2, 0.25) is 5.78 Å². The van der Waals surface area contributed by atoms with E-state index in [0.717, 1.165) is 28.2 Å². The number of hydrogen-bond acceptors (Lipinski definition) is 1. The highest BCUT2D eigenvalue weighted by atomic mass is 19.1. The highest BCUT2D eigenvalue weighted by Crippen LogP contribution is 2.26. The molecule has 0 saturated carbocycles. The summed E-state index contributed by atoms with van der Waals surface area (Å²) in [5.74, 6) is 0.561. The Morgan fingerprint density at radius 2 is 1.71 bits per heavy atom. The molecule has 0 bridgehead atoms. The van der Waals surface area contributed by atoms with Crippen molar-refractivity contribution in [3.63, 3.8) is 0 Å². The van der Waals surface area contributed by atoms with Crippen LogP contribution < -0.4 is 0 Å². The minimum atomic E-state index is -0.241. The number of hydrogen-bond donors (Lipinski definition) is 0. The molecule has 0 spiro atoms. The van der Waals surface area contributed by atoms with E-state index in [9.17, 15) is 4.39 Å². The van der Waals surface area contributed by atoms with E-state index in [0.29, 0.717) is 0 Å². The molecule has 0 radical (unpaired) electrons. The molecule has 4 aromatic rings. The van der Waals surface area contributed by atoms with Gasteiger partial charge >= 0.3 is 0 Å². The molecule has 3 nitrogen and oxygen atoms in total. The van der Waals surface area contributed by atoms with E-state index < -0.39 is 0 Å². The van der Waals surface area contributed by atoms with Crippen LogP contribution in [0.5, 0.6) is 0 Å². The number of benzene rings is 2. The number of rotatable bonds is 1. The number of fused-ring (bicyclic) bond motifs is 3. The number of aryl methyl sites for hydroxylation is 2. The van der Waals surface area contributed by atoms with E-state index >= 15 is 0 Å². The van der Waals surface area contributed by atoms with Gasteiger partial charge in [-0.15, -0.1) is 0 Å². The number of nitrogens with zero attached hydrogens (tertiary/aromatic N) is 3. The molecule has 2 heterocycles. The predicted molar refractivity (Wildman–Crippen MR) is 81.5 cm³/mol. The molecule has 2 aromatic heterocycles. The normalized spacial score (nSPS) is 11.6. The van der Waals surface area contributed by atoms with Crippen molar-refractivity contribution in [2.24, 2.45) is 0 Å². The van der Waals surface area contributed by atoms with E-state index in [1.807, 2.05) is 48.9 Å². The Hall–Kier alpha value is -2.62. The molecule has 4 rings (SSSR count). The van der Waals surface area contributed by atoms with Gasteiger partial charge in [0.15, 0.2) is 0 Å². The van der Waals surface area contributed by atoms with Crippen LogP contribution in [0.4, 0.5) is 4.39 Å². The van der Waals surface area contributed by atoms with Gasteiger partial charge in [-0.3, -0.25) is 8.97 Å². The van der Waals surface area contributed by atoms with Crippen molar-refractivity contribution in [1.29, 1.82) is 0 Å². The van der Waals surface area contributed by atoms with Gasteiger partial charge in [0.1, 0.15) is 5.82 Å². The van der Waals surface area contributed by atoms with E-state index in [1.54, 1.807) is 12.1 Å². The van der Waals surface area contributed by atoms with Crippen molar-refractivity contribution in [1.82, 2.24) is 14.0 Å². The fourth-order valence-corrected chi connectivity index (χ4v) is 2.80. The number of aromatic nitrogens is 3. The van der Waals surface area contributed by atoms with Gasteiger partial charge in [0.25, 0.3) is 0 Å². The minimum absolute atomic E-state index is 0.241. The van der Waals surface area contributed by atoms with E-state index in [4.69, 9.17) is 0 Å². The van der Waals surface area contributed by atoms with Crippen LogP contribution in [0.1, 0.15) is 11.3 Å². The van der Waals surface area contributed by atoms with Crippen molar-refractivity contribution < 1.29 is 4.39 Å². The summed E-state index contributed by atoms with van der Waals surface area (Å²) >= 11 is 0. The van der Waals surface area contributed by atoms with Gasteiger partial charge < -0.3 is 0 Å². The van der Waals surface area contributed by atoms with Gasteiger partial charge in [0.05, 0.1) is 17.2 Å². The summed E-state index contributed by atoms with van der Waals surface area (Å²) in [6, 6.07) is 13.0. The van der Waals surface area contributed by atoms with Crippen LogP contribution in [0.25, 0.3) is 22.5 Å². The van der Waals surface area contributed by atoms with E-state index in [2.05, 4.69) is 9.38 Å². The summed E-state index contributed by atoms with van der Waals surface area (Å²) in [6.07, 6.45) is 1.84. The van der Waals surface area contributed by atoms with Gasteiger partial charge in [-0.05, 0) is 38.1 Å². The summed E-state index contributed by atoms with van der Waals surface area (Å²) in [5.41, 5.74) is 4.99. The molecule has 104 valence electrons. The maximum atomic E-state index is 13.7. The van der Waals surface area contributed by atoms with Crippen molar-refractivity contribution in [3.05, 3.63) is 65.7 Å². The SMILES string of the molecule is Cc1ccc(-n2c3cc(F)ccc3n3c(C)cnc23)cc1. The quantitative estimate of drug-likeness (QED) is 0.515. The first kappa shape index (κ1) is 12.1. The second-order valence-electron chi connectivity index (χ2n) is 5.34. The maximum absolute atomic E-state index is 13.7. The van der Waals surface area contributed by atoms with Gasteiger partial charge in [-0.1, -0.05) is 17.7 Å². The summed E-state index contributed by atoms with van der Waals surface area (Å²) < 4.78 is 17.7. The van der Waals surface area contributed by atoms with Gasteiger partial charge in [-0.25, -0.2) is 9.37 Å². The average molecular weight is 279 g/mol. The first-order valence-electron chi connectivity index (χ1n) is 6.86. The summed E-state index contributed by atoms with van der Waals surface area (Å²) in [7, 11) is 0. The lowest BCUT2D eigenvalue weighted by atomic mass is 10.2. The zero-order valence-corrected chi connectivity index (χ0v) is 11.8. The van der Waals surface area contributed by atoms with Crippen LogP contribution in [0, 0.1) is 19.7 Å². The van der Waals surface area contributed by atoms with Crippen LogP contribution in [-0.4, -0.2) is 14.0 Å². The molecule has 0 atom stereocenters. The van der Waals surface area contributed by atoms with Crippen LogP contribution >= 0.6 is 0 Å².